The van der Waals surface area contributed by atoms with Crippen molar-refractivity contribution in [3.8, 4) is 12.3 Å². The molecule has 14 nitrogen and oxygen atoms in total. The molecule has 4 aliphatic rings. The molecule has 4 rings (SSSR count). The Kier molecular flexibility index (Phi) is 21.9. The number of Topliss-reactive ketones (excluding diaryl/α,β-unsaturated/α-hetero) is 3. The summed E-state index contributed by atoms with van der Waals surface area (Å²) in [4.78, 5) is 71.9. The molecule has 0 spiro atoms. The Labute approximate surface area is 398 Å². The molecule has 0 unspecified atom stereocenters. The van der Waals surface area contributed by atoms with E-state index in [9.17, 15) is 39.3 Å². The summed E-state index contributed by atoms with van der Waals surface area (Å²) in [6.07, 6.45) is 15.9. The number of cyclic esters (lactones) is 1. The van der Waals surface area contributed by atoms with Crippen LogP contribution in [0.15, 0.2) is 47.6 Å². The fraction of sp³-hybridized carbons (Fsp3) is 0.717. The Balaban J connectivity index is 1.70. The van der Waals surface area contributed by atoms with Gasteiger partial charge in [0.25, 0.3) is 11.7 Å². The zero-order valence-electron chi connectivity index (χ0n) is 41.4. The number of esters is 1. The Morgan fingerprint density at radius 3 is 2.31 bits per heavy atom. The van der Waals surface area contributed by atoms with E-state index < -0.39 is 83.7 Å². The molecule has 1 aliphatic carbocycles. The average molecular weight is 938 g/mol. The van der Waals surface area contributed by atoms with Crippen LogP contribution >= 0.6 is 0 Å². The Bertz CT molecular complexity index is 1860. The number of amides is 1. The van der Waals surface area contributed by atoms with Crippen LogP contribution < -0.4 is 0 Å². The van der Waals surface area contributed by atoms with Crippen molar-refractivity contribution in [2.75, 3.05) is 27.4 Å². The number of aliphatic hydroxyl groups is 3. The number of ether oxygens (including phenoxy) is 5. The van der Waals surface area contributed by atoms with Crippen molar-refractivity contribution in [2.45, 2.75) is 180 Å². The molecule has 15 atom stereocenters. The van der Waals surface area contributed by atoms with Crippen molar-refractivity contribution in [1.82, 2.24) is 4.90 Å². The van der Waals surface area contributed by atoms with Gasteiger partial charge in [0, 0.05) is 63.9 Å². The van der Waals surface area contributed by atoms with E-state index in [1.54, 1.807) is 78.2 Å². The number of fused-ring (bicyclic) bond motifs is 3. The van der Waals surface area contributed by atoms with Crippen LogP contribution in [0.4, 0.5) is 0 Å². The summed E-state index contributed by atoms with van der Waals surface area (Å²) in [6, 6.07) is -1.15. The molecule has 0 aromatic carbocycles. The van der Waals surface area contributed by atoms with E-state index in [-0.39, 0.29) is 67.8 Å². The molecule has 0 aromatic heterocycles. The lowest BCUT2D eigenvalue weighted by atomic mass is 9.78. The molecule has 3 fully saturated rings. The van der Waals surface area contributed by atoms with Crippen LogP contribution in [0, 0.1) is 47.9 Å². The lowest BCUT2D eigenvalue weighted by Gasteiger charge is -2.42. The van der Waals surface area contributed by atoms with Crippen LogP contribution in [0.25, 0.3) is 0 Å². The van der Waals surface area contributed by atoms with Gasteiger partial charge in [0.1, 0.15) is 30.1 Å². The lowest BCUT2D eigenvalue weighted by molar-refractivity contribution is -0.265. The van der Waals surface area contributed by atoms with Gasteiger partial charge in [0.2, 0.25) is 5.79 Å². The quantitative estimate of drug-likeness (QED) is 0.113. The third-order valence-corrected chi connectivity index (χ3v) is 14.6. The predicted molar refractivity (Wildman–Crippen MR) is 253 cm³/mol. The fourth-order valence-electron chi connectivity index (χ4n) is 10.1. The highest BCUT2D eigenvalue weighted by Gasteiger charge is 2.53. The summed E-state index contributed by atoms with van der Waals surface area (Å²) in [7, 11) is 3.01. The maximum Gasteiger partial charge on any atom is 0.329 e. The molecular weight excluding hydrogens is 859 g/mol. The molecular formula is C53H79NO13. The van der Waals surface area contributed by atoms with Crippen LogP contribution in [0.3, 0.4) is 0 Å². The molecule has 3 heterocycles. The number of hydrogen-bond acceptors (Lipinski definition) is 13. The van der Waals surface area contributed by atoms with E-state index in [4.69, 9.17) is 30.1 Å². The van der Waals surface area contributed by atoms with E-state index in [0.717, 1.165) is 19.3 Å². The number of hydrogen-bond donors (Lipinski definition) is 3. The third kappa shape index (κ3) is 14.8. The van der Waals surface area contributed by atoms with Gasteiger partial charge < -0.3 is 43.9 Å². The number of terminal acetylenes is 1. The van der Waals surface area contributed by atoms with E-state index >= 15 is 0 Å². The zero-order chi connectivity index (χ0) is 49.6. The number of rotatable bonds is 7. The SMILES string of the molecule is C#C[C@@H]1/C=C/C=C/C=C(\C)[C@@H](O)C[C@@H]2CC[C@@H](C)[C@@](O)(O2)C(=O)C(=O)N2CCCC[C@H]2C(=O)O[C@H]([C@H](C)C[C@@H]2CC[C@@H](OCC)[C@H](OC)C2)CC(=O)[C@H](C)/C=C(\C)[C@@H](O)[C@@H](OC)C(=O)[C@H](C)C1. The number of piperidine rings is 1. The van der Waals surface area contributed by atoms with Crippen LogP contribution in [0.2, 0.25) is 0 Å². The summed E-state index contributed by atoms with van der Waals surface area (Å²) in [5, 5.41) is 34.5. The Morgan fingerprint density at radius 1 is 0.910 bits per heavy atom. The normalized spacial score (nSPS) is 39.4. The number of carbonyl (C=O) groups is 5. The zero-order valence-corrected chi connectivity index (χ0v) is 41.4. The van der Waals surface area contributed by atoms with Crippen molar-refractivity contribution in [3.63, 3.8) is 0 Å². The third-order valence-electron chi connectivity index (χ3n) is 14.6. The summed E-state index contributed by atoms with van der Waals surface area (Å²) in [6.45, 7) is 12.9. The number of ketones is 3. The molecule has 3 N–H and O–H groups in total. The van der Waals surface area contributed by atoms with Gasteiger partial charge in [0.05, 0.1) is 24.4 Å². The smallest absolute Gasteiger partial charge is 0.329 e. The van der Waals surface area contributed by atoms with Crippen LogP contribution in [-0.2, 0) is 47.7 Å². The van der Waals surface area contributed by atoms with E-state index in [1.165, 1.54) is 12.0 Å². The predicted octanol–water partition coefficient (Wildman–Crippen LogP) is 6.18. The molecule has 2 bridgehead atoms. The van der Waals surface area contributed by atoms with Crippen molar-refractivity contribution < 1.29 is 63.0 Å². The first-order valence-corrected chi connectivity index (χ1v) is 24.5. The maximum absolute atomic E-state index is 14.4. The van der Waals surface area contributed by atoms with Gasteiger partial charge in [-0.1, -0.05) is 70.1 Å². The van der Waals surface area contributed by atoms with Gasteiger partial charge >= 0.3 is 5.97 Å². The van der Waals surface area contributed by atoms with Gasteiger partial charge in [-0.25, -0.2) is 4.79 Å². The minimum absolute atomic E-state index is 0.0326. The Morgan fingerprint density at radius 2 is 1.64 bits per heavy atom. The van der Waals surface area contributed by atoms with Gasteiger partial charge in [-0.15, -0.1) is 6.42 Å². The standard InChI is InChI=1S/C53H79NO13/c1-11-38-19-15-13-14-18-32(3)42(55)30-40-23-21-37(8)53(62,67-40)50(59)51(60)54-25-17-16-20-41(54)52(61)66-45(34(5)27-39-22-24-44(65-12-2)46(29-39)63-9)31-43(56)33(4)26-35(6)47(57)49(64-10)48(58)36(7)28-38/h1,13-15,18-19,26,33-34,36-42,44-47,49,55,57,62H,12,16-17,20-25,27-31H2,2-10H3/b14-13+,19-15+,32-18+,35-26+/t33-,34-,36-,37-,38-,39+,40+,41+,42+,44-,45+,46-,47-,49-,53-/m1/s1. The van der Waals surface area contributed by atoms with E-state index in [1.807, 2.05) is 13.8 Å². The highest BCUT2D eigenvalue weighted by molar-refractivity contribution is 6.39. The van der Waals surface area contributed by atoms with Crippen molar-refractivity contribution >= 4 is 29.2 Å². The van der Waals surface area contributed by atoms with Gasteiger partial charge in [-0.3, -0.25) is 19.2 Å². The molecule has 0 aromatic rings. The highest BCUT2D eigenvalue weighted by atomic mass is 16.6. The topological polar surface area (TPSA) is 195 Å². The monoisotopic (exact) mass is 938 g/mol. The Hall–Kier alpha value is -3.81. The van der Waals surface area contributed by atoms with E-state index in [0.29, 0.717) is 49.9 Å². The second-order valence-corrected chi connectivity index (χ2v) is 19.6. The molecule has 67 heavy (non-hydrogen) atoms. The minimum Gasteiger partial charge on any atom is -0.460 e. The summed E-state index contributed by atoms with van der Waals surface area (Å²) in [5.74, 6) is -6.07. The number of aliphatic hydroxyl groups excluding tert-OH is 2. The summed E-state index contributed by atoms with van der Waals surface area (Å²) >= 11 is 0. The molecule has 0 radical (unpaired) electrons. The van der Waals surface area contributed by atoms with Crippen molar-refractivity contribution in [3.05, 3.63) is 47.6 Å². The van der Waals surface area contributed by atoms with Crippen molar-refractivity contribution in [1.29, 1.82) is 0 Å². The van der Waals surface area contributed by atoms with Crippen molar-refractivity contribution in [2.24, 2.45) is 35.5 Å². The van der Waals surface area contributed by atoms with E-state index in [2.05, 4.69) is 5.92 Å². The largest absolute Gasteiger partial charge is 0.460 e. The second kappa shape index (κ2) is 26.2. The maximum atomic E-state index is 14.4. The first-order chi connectivity index (χ1) is 31.8. The number of allylic oxidation sites excluding steroid dienone is 6. The second-order valence-electron chi connectivity index (χ2n) is 19.6. The first-order valence-electron chi connectivity index (χ1n) is 24.5. The average Bonchev–Trinajstić information content (AvgIpc) is 3.31. The summed E-state index contributed by atoms with van der Waals surface area (Å²) < 4.78 is 29.6. The van der Waals surface area contributed by atoms with Gasteiger partial charge in [-0.2, -0.15) is 0 Å². The summed E-state index contributed by atoms with van der Waals surface area (Å²) in [5.41, 5.74) is 0.947. The minimum atomic E-state index is -2.49. The molecule has 1 amide bonds. The first kappa shape index (κ1) is 55.8. The van der Waals surface area contributed by atoms with Gasteiger partial charge in [-0.05, 0) is 108 Å². The number of methoxy groups -OCH3 is 2. The molecule has 374 valence electrons. The number of nitrogens with zero attached hydrogens (tertiary/aromatic N) is 1. The van der Waals surface area contributed by atoms with Gasteiger partial charge in [0.15, 0.2) is 5.78 Å². The highest BCUT2D eigenvalue weighted by Crippen LogP contribution is 2.38. The van der Waals surface area contributed by atoms with Crippen LogP contribution in [0.5, 0.6) is 0 Å². The molecule has 2 saturated heterocycles. The van der Waals surface area contributed by atoms with Crippen LogP contribution in [0.1, 0.15) is 126 Å². The fourth-order valence-corrected chi connectivity index (χ4v) is 10.1. The van der Waals surface area contributed by atoms with Crippen LogP contribution in [-0.4, -0.2) is 131 Å². The number of carbonyl (C=O) groups excluding carboxylic acids is 5. The molecule has 14 heteroatoms. The molecule has 1 saturated carbocycles. The molecule has 3 aliphatic heterocycles. The lowest BCUT2D eigenvalue weighted by Crippen LogP contribution is -2.61.